The Morgan fingerprint density at radius 1 is 0.569 bits per heavy atom. The second kappa shape index (κ2) is 18.7. The molecule has 2 unspecified atom stereocenters. The number of rotatable bonds is 15. The van der Waals surface area contributed by atoms with Gasteiger partial charge in [0.05, 0.1) is 13.1 Å². The summed E-state index contributed by atoms with van der Waals surface area (Å²) in [4.78, 5) is 84.9. The maximum absolute atomic E-state index is 14.0. The molecule has 14 heteroatoms. The number of primary amides is 2. The van der Waals surface area contributed by atoms with E-state index < -0.39 is 36.0 Å². The molecule has 0 aliphatic carbocycles. The highest BCUT2D eigenvalue weighted by atomic mass is 16.2. The molecule has 4 atom stereocenters. The van der Waals surface area contributed by atoms with Crippen molar-refractivity contribution in [1.82, 2.24) is 19.6 Å². The number of likely N-dealkylation sites (N-methyl/N-ethyl adjacent to an activating group) is 2. The third kappa shape index (κ3) is 9.76. The minimum Gasteiger partial charge on any atom is -0.369 e. The minimum atomic E-state index is -0.775. The first-order valence-corrected chi connectivity index (χ1v) is 19.4. The standard InChI is InChI=1S/C44H50N8O6/c1-49(27-37(45)53)39(31-11-5-3-6-12-31)43(57)51-25-9-15-35(51)41(55)47-33-21-17-29(18-22-33)30-19-23-34(24-20-30)48-42(56)36-16-10-26-52(36)44(58)40(50(2)28-38(46)54)32-13-7-4-8-14-32/h3-8,11-14,17-24,35-36,39-40H,9-10,15-16,25-28H2,1-2H3,(H2,45,53)(H2,46,54)(H,47,55)(H,48,56)/t35-,36-,39?,40?/m0/s1. The van der Waals surface area contributed by atoms with Crippen molar-refractivity contribution in [2.45, 2.75) is 49.9 Å². The topological polar surface area (TPSA) is 191 Å². The molecule has 0 radical (unpaired) electrons. The second-order valence-electron chi connectivity index (χ2n) is 14.9. The summed E-state index contributed by atoms with van der Waals surface area (Å²) >= 11 is 0. The molecule has 0 spiro atoms. The molecule has 6 amide bonds. The minimum absolute atomic E-state index is 0.114. The molecule has 14 nitrogen and oxygen atoms in total. The fourth-order valence-corrected chi connectivity index (χ4v) is 7.98. The van der Waals surface area contributed by atoms with E-state index in [4.69, 9.17) is 11.5 Å². The van der Waals surface area contributed by atoms with E-state index in [1.54, 1.807) is 58.0 Å². The van der Waals surface area contributed by atoms with Gasteiger partial charge in [-0.3, -0.25) is 38.6 Å². The lowest BCUT2D eigenvalue weighted by molar-refractivity contribution is -0.142. The van der Waals surface area contributed by atoms with Gasteiger partial charge in [-0.15, -0.1) is 0 Å². The van der Waals surface area contributed by atoms with Crippen molar-refractivity contribution in [2.24, 2.45) is 11.5 Å². The molecule has 0 bridgehead atoms. The van der Waals surface area contributed by atoms with E-state index in [9.17, 15) is 28.8 Å². The SMILES string of the molecule is CN(CC(N)=O)C(C(=O)N1CCC[C@H]1C(=O)Nc1ccc(-c2ccc(NC(=O)[C@@H]3CCCN3C(=O)C(c3ccccc3)N(C)CC(N)=O)cc2)cc1)c1ccccc1. The number of nitrogens with zero attached hydrogens (tertiary/aromatic N) is 4. The number of amides is 6. The van der Waals surface area contributed by atoms with Gasteiger partial charge >= 0.3 is 0 Å². The molecule has 4 aromatic carbocycles. The van der Waals surface area contributed by atoms with Gasteiger partial charge < -0.3 is 31.9 Å². The quantitative estimate of drug-likeness (QED) is 0.141. The van der Waals surface area contributed by atoms with Gasteiger partial charge in [-0.1, -0.05) is 84.9 Å². The number of hydrogen-bond donors (Lipinski definition) is 4. The molecular formula is C44H50N8O6. The number of hydrogen-bond acceptors (Lipinski definition) is 8. The van der Waals surface area contributed by atoms with Crippen LogP contribution in [0.25, 0.3) is 11.1 Å². The van der Waals surface area contributed by atoms with Crippen LogP contribution in [0.5, 0.6) is 0 Å². The Morgan fingerprint density at radius 3 is 1.24 bits per heavy atom. The summed E-state index contributed by atoms with van der Waals surface area (Å²) in [7, 11) is 3.34. The van der Waals surface area contributed by atoms with Crippen LogP contribution in [0.1, 0.15) is 48.9 Å². The molecule has 302 valence electrons. The molecule has 2 heterocycles. The van der Waals surface area contributed by atoms with Crippen LogP contribution in [0.4, 0.5) is 11.4 Å². The van der Waals surface area contributed by atoms with Crippen molar-refractivity contribution >= 4 is 46.8 Å². The zero-order chi connectivity index (χ0) is 41.3. The molecule has 58 heavy (non-hydrogen) atoms. The lowest BCUT2D eigenvalue weighted by Gasteiger charge is -2.33. The first-order chi connectivity index (χ1) is 27.9. The molecule has 6 rings (SSSR count). The van der Waals surface area contributed by atoms with Gasteiger partial charge in [0.25, 0.3) is 0 Å². The predicted molar refractivity (Wildman–Crippen MR) is 221 cm³/mol. The highest BCUT2D eigenvalue weighted by Crippen LogP contribution is 2.30. The van der Waals surface area contributed by atoms with Crippen molar-refractivity contribution in [2.75, 3.05) is 50.9 Å². The van der Waals surface area contributed by atoms with E-state index in [-0.39, 0.29) is 36.7 Å². The Balaban J connectivity index is 1.07. The van der Waals surface area contributed by atoms with E-state index in [0.29, 0.717) is 61.3 Å². The Labute approximate surface area is 338 Å². The zero-order valence-corrected chi connectivity index (χ0v) is 32.8. The van der Waals surface area contributed by atoms with E-state index in [0.717, 1.165) is 11.1 Å². The number of nitrogens with two attached hydrogens (primary N) is 2. The lowest BCUT2D eigenvalue weighted by Crippen LogP contribution is -2.49. The monoisotopic (exact) mass is 786 g/mol. The number of nitrogens with one attached hydrogen (secondary N) is 2. The highest BCUT2D eigenvalue weighted by Gasteiger charge is 2.41. The van der Waals surface area contributed by atoms with Crippen LogP contribution in [0.2, 0.25) is 0 Å². The van der Waals surface area contributed by atoms with Gasteiger partial charge in [0.2, 0.25) is 35.4 Å². The molecular weight excluding hydrogens is 737 g/mol. The van der Waals surface area contributed by atoms with Crippen molar-refractivity contribution in [1.29, 1.82) is 0 Å². The molecule has 2 saturated heterocycles. The van der Waals surface area contributed by atoms with Crippen LogP contribution in [-0.2, 0) is 28.8 Å². The molecule has 2 aliphatic rings. The Kier molecular flexibility index (Phi) is 13.3. The van der Waals surface area contributed by atoms with Gasteiger partial charge in [0, 0.05) is 24.5 Å². The van der Waals surface area contributed by atoms with Gasteiger partial charge in [0.15, 0.2) is 0 Å². The lowest BCUT2D eigenvalue weighted by atomic mass is 10.0. The highest BCUT2D eigenvalue weighted by molar-refractivity contribution is 6.00. The van der Waals surface area contributed by atoms with Crippen molar-refractivity contribution < 1.29 is 28.8 Å². The number of carbonyl (C=O) groups excluding carboxylic acids is 6. The molecule has 0 aromatic heterocycles. The van der Waals surface area contributed by atoms with Crippen LogP contribution in [-0.4, -0.2) is 107 Å². The van der Waals surface area contributed by atoms with E-state index in [2.05, 4.69) is 10.6 Å². The van der Waals surface area contributed by atoms with Crippen LogP contribution in [0.3, 0.4) is 0 Å². The number of anilines is 2. The molecule has 2 aliphatic heterocycles. The van der Waals surface area contributed by atoms with Gasteiger partial charge in [0.1, 0.15) is 24.2 Å². The van der Waals surface area contributed by atoms with Crippen LogP contribution in [0, 0.1) is 0 Å². The average molecular weight is 787 g/mol. The van der Waals surface area contributed by atoms with Crippen LogP contribution < -0.4 is 22.1 Å². The Hall–Kier alpha value is -6.38. The summed E-state index contributed by atoms with van der Waals surface area (Å²) in [5.41, 5.74) is 15.3. The van der Waals surface area contributed by atoms with Gasteiger partial charge in [-0.05, 0) is 86.3 Å². The number of benzene rings is 4. The second-order valence-corrected chi connectivity index (χ2v) is 14.9. The predicted octanol–water partition coefficient (Wildman–Crippen LogP) is 3.53. The first-order valence-electron chi connectivity index (χ1n) is 19.4. The van der Waals surface area contributed by atoms with Gasteiger partial charge in [-0.2, -0.15) is 0 Å². The Morgan fingerprint density at radius 2 is 0.914 bits per heavy atom. The molecule has 6 N–H and O–H groups in total. The molecule has 4 aromatic rings. The average Bonchev–Trinajstić information content (AvgIpc) is 3.91. The summed E-state index contributed by atoms with van der Waals surface area (Å²) in [5.74, 6) is -2.23. The zero-order valence-electron chi connectivity index (χ0n) is 32.8. The normalized spacial score (nSPS) is 17.5. The maximum atomic E-state index is 14.0. The van der Waals surface area contributed by atoms with Crippen molar-refractivity contribution in [3.05, 3.63) is 120 Å². The fraction of sp³-hybridized carbons (Fsp3) is 0.318. The summed E-state index contributed by atoms with van der Waals surface area (Å²) in [6, 6.07) is 30.1. The maximum Gasteiger partial charge on any atom is 0.247 e. The number of carbonyl (C=O) groups is 6. The largest absolute Gasteiger partial charge is 0.369 e. The third-order valence-electron chi connectivity index (χ3n) is 10.7. The fourth-order valence-electron chi connectivity index (χ4n) is 7.98. The smallest absolute Gasteiger partial charge is 0.247 e. The summed E-state index contributed by atoms with van der Waals surface area (Å²) in [6.07, 6.45) is 2.36. The Bertz CT molecular complexity index is 1950. The van der Waals surface area contributed by atoms with E-state index in [1.807, 2.05) is 84.9 Å². The van der Waals surface area contributed by atoms with Gasteiger partial charge in [-0.25, -0.2) is 0 Å². The van der Waals surface area contributed by atoms with Crippen molar-refractivity contribution in [3.63, 3.8) is 0 Å². The molecule has 2 fully saturated rings. The summed E-state index contributed by atoms with van der Waals surface area (Å²) in [5, 5.41) is 5.94. The van der Waals surface area contributed by atoms with Crippen LogP contribution >= 0.6 is 0 Å². The summed E-state index contributed by atoms with van der Waals surface area (Å²) < 4.78 is 0. The van der Waals surface area contributed by atoms with Crippen molar-refractivity contribution in [3.8, 4) is 11.1 Å². The van der Waals surface area contributed by atoms with E-state index in [1.165, 1.54) is 0 Å². The molecule has 0 saturated carbocycles. The van der Waals surface area contributed by atoms with Crippen LogP contribution in [0.15, 0.2) is 109 Å². The number of likely N-dealkylation sites (tertiary alicyclic amines) is 2. The summed E-state index contributed by atoms with van der Waals surface area (Å²) in [6.45, 7) is 0.609. The first kappa shape index (κ1) is 41.3. The third-order valence-corrected chi connectivity index (χ3v) is 10.7. The van der Waals surface area contributed by atoms with E-state index >= 15 is 0 Å².